The van der Waals surface area contributed by atoms with E-state index < -0.39 is 11.6 Å². The minimum absolute atomic E-state index is 0.109. The molecule has 0 saturated heterocycles. The van der Waals surface area contributed by atoms with Crippen molar-refractivity contribution in [2.24, 2.45) is 0 Å². The van der Waals surface area contributed by atoms with Gasteiger partial charge < -0.3 is 15.6 Å². The molecule has 0 atom stereocenters. The highest BCUT2D eigenvalue weighted by molar-refractivity contribution is 6.31. The molecule has 5 aromatic rings. The van der Waals surface area contributed by atoms with Crippen LogP contribution in [-0.2, 0) is 0 Å². The average Bonchev–Trinajstić information content (AvgIpc) is 3.93. The highest BCUT2D eigenvalue weighted by Crippen LogP contribution is 2.41. The number of rotatable bonds is 5. The van der Waals surface area contributed by atoms with Crippen LogP contribution in [0, 0.1) is 11.6 Å². The predicted octanol–water partition coefficient (Wildman–Crippen LogP) is 6.55. The largest absolute Gasteiger partial charge is 0.397 e. The Morgan fingerprint density at radius 1 is 0.878 bits per heavy atom. The number of aromatic nitrogens is 6. The molecule has 2 aliphatic carbocycles. The second kappa shape index (κ2) is 12.5. The molecule has 9 nitrogen and oxygen atoms in total. The topological polar surface area (TPSA) is 124 Å². The van der Waals surface area contributed by atoms with Crippen LogP contribution in [0.1, 0.15) is 42.1 Å². The first-order chi connectivity index (χ1) is 19.8. The van der Waals surface area contributed by atoms with E-state index in [0.29, 0.717) is 35.1 Å². The van der Waals surface area contributed by atoms with Gasteiger partial charge in [-0.3, -0.25) is 4.79 Å². The first kappa shape index (κ1) is 28.3. The van der Waals surface area contributed by atoms with E-state index in [1.54, 1.807) is 18.5 Å². The minimum atomic E-state index is -0.472. The van der Waals surface area contributed by atoms with E-state index in [2.05, 4.69) is 34.8 Å². The van der Waals surface area contributed by atoms with Gasteiger partial charge in [-0.2, -0.15) is 0 Å². The molecule has 2 aromatic carbocycles. The number of nitrogens with two attached hydrogens (primary N) is 1. The molecule has 0 unspecified atom stereocenters. The van der Waals surface area contributed by atoms with Gasteiger partial charge in [0.25, 0.3) is 0 Å². The summed E-state index contributed by atoms with van der Waals surface area (Å²) in [6, 6.07) is 6.69. The molecule has 3 N–H and O–H groups in total. The zero-order chi connectivity index (χ0) is 28.9. The summed E-state index contributed by atoms with van der Waals surface area (Å²) in [6.45, 7) is 0. The number of halogens is 4. The Bertz CT molecular complexity index is 1660. The molecular formula is C28H24Cl2F2N8O. The maximum absolute atomic E-state index is 13.6. The quantitative estimate of drug-likeness (QED) is 0.173. The second-order valence-electron chi connectivity index (χ2n) is 9.48. The molecule has 13 heteroatoms. The maximum atomic E-state index is 13.6. The highest BCUT2D eigenvalue weighted by atomic mass is 35.5. The van der Waals surface area contributed by atoms with E-state index in [-0.39, 0.29) is 10.0 Å². The van der Waals surface area contributed by atoms with Gasteiger partial charge in [-0.25, -0.2) is 33.7 Å². The summed E-state index contributed by atoms with van der Waals surface area (Å²) >= 11 is 11.5. The number of anilines is 2. The third-order valence-electron chi connectivity index (χ3n) is 6.21. The van der Waals surface area contributed by atoms with Crippen LogP contribution in [0.15, 0.2) is 61.7 Å². The molecule has 2 saturated carbocycles. The summed E-state index contributed by atoms with van der Waals surface area (Å²) in [5, 5.41) is 3.41. The van der Waals surface area contributed by atoms with Crippen molar-refractivity contribution in [3.05, 3.63) is 89.0 Å². The lowest BCUT2D eigenvalue weighted by molar-refractivity contribution is 0.112. The molecule has 0 radical (unpaired) electrons. The van der Waals surface area contributed by atoms with Gasteiger partial charge >= 0.3 is 0 Å². The van der Waals surface area contributed by atoms with Gasteiger partial charge in [0, 0.05) is 49.0 Å². The Hall–Kier alpha value is -4.22. The molecule has 210 valence electrons. The van der Waals surface area contributed by atoms with Gasteiger partial charge in [0.15, 0.2) is 6.29 Å². The van der Waals surface area contributed by atoms with E-state index in [1.807, 2.05) is 0 Å². The van der Waals surface area contributed by atoms with Crippen LogP contribution < -0.4 is 11.1 Å². The van der Waals surface area contributed by atoms with Crippen molar-refractivity contribution in [2.75, 3.05) is 11.1 Å². The van der Waals surface area contributed by atoms with E-state index in [0.717, 1.165) is 48.3 Å². The van der Waals surface area contributed by atoms with Crippen LogP contribution in [-0.4, -0.2) is 41.8 Å². The number of nitrogens with zero attached hydrogens (tertiary/aromatic N) is 6. The number of aldehydes is 1. The summed E-state index contributed by atoms with van der Waals surface area (Å²) in [7, 11) is 0. The molecule has 2 aliphatic rings. The standard InChI is InChI=1S/C14H10ClFN4.C9H10ClFN2.C5H4N2O/c15-10-3-13-12(4-11(10)16)19-14(20(13)9-1-2-9)8-5-17-7-18-6-8;10-6-3-9(13-5-1-2-5)8(12)4-7(6)11;8-3-5-1-6-4-7-2-5/h3-7,9H,1-2H2;3-5,13H,1-2,12H2;1-4H. The Kier molecular flexibility index (Phi) is 8.65. The van der Waals surface area contributed by atoms with Crippen molar-refractivity contribution >= 4 is 51.9 Å². The first-order valence-electron chi connectivity index (χ1n) is 12.7. The fourth-order valence-corrected chi connectivity index (χ4v) is 4.24. The molecule has 41 heavy (non-hydrogen) atoms. The number of carbonyl (C=O) groups excluding carboxylic acids is 1. The Labute approximate surface area is 243 Å². The van der Waals surface area contributed by atoms with Crippen LogP contribution >= 0.6 is 23.2 Å². The van der Waals surface area contributed by atoms with Gasteiger partial charge in [0.05, 0.1) is 43.6 Å². The zero-order valence-electron chi connectivity index (χ0n) is 21.5. The Balaban J connectivity index is 0.000000138. The van der Waals surface area contributed by atoms with Crippen molar-refractivity contribution in [1.29, 1.82) is 0 Å². The fraction of sp³-hybridized carbons (Fsp3) is 0.214. The molecule has 7 rings (SSSR count). The number of fused-ring (bicyclic) bond motifs is 1. The van der Waals surface area contributed by atoms with Crippen molar-refractivity contribution in [1.82, 2.24) is 29.5 Å². The number of benzene rings is 2. The summed E-state index contributed by atoms with van der Waals surface area (Å²) < 4.78 is 28.6. The van der Waals surface area contributed by atoms with E-state index in [1.165, 1.54) is 43.2 Å². The Morgan fingerprint density at radius 2 is 1.49 bits per heavy atom. The monoisotopic (exact) mass is 596 g/mol. The average molecular weight is 597 g/mol. The van der Waals surface area contributed by atoms with Crippen LogP contribution in [0.3, 0.4) is 0 Å². The molecule has 2 fully saturated rings. The van der Waals surface area contributed by atoms with E-state index >= 15 is 0 Å². The number of nitrogen functional groups attached to an aromatic ring is 1. The molecule has 0 bridgehead atoms. The predicted molar refractivity (Wildman–Crippen MR) is 154 cm³/mol. The zero-order valence-corrected chi connectivity index (χ0v) is 23.0. The summed E-state index contributed by atoms with van der Waals surface area (Å²) in [4.78, 5) is 29.7. The molecule has 0 spiro atoms. The molecule has 0 amide bonds. The molecule has 3 aromatic heterocycles. The SMILES string of the molecule is Fc1cc2nc(-c3cncnc3)n(C3CC3)c2cc1Cl.Nc1cc(F)c(Cl)cc1NC1CC1.O=Cc1cncnc1. The van der Waals surface area contributed by atoms with Gasteiger partial charge in [-0.15, -0.1) is 0 Å². The molecular weight excluding hydrogens is 573 g/mol. The van der Waals surface area contributed by atoms with Crippen LogP contribution in [0.4, 0.5) is 20.2 Å². The van der Waals surface area contributed by atoms with Gasteiger partial charge in [-0.1, -0.05) is 23.2 Å². The van der Waals surface area contributed by atoms with Crippen molar-refractivity contribution in [3.63, 3.8) is 0 Å². The number of hydrogen-bond donors (Lipinski definition) is 2. The molecule has 0 aliphatic heterocycles. The number of hydrogen-bond acceptors (Lipinski definition) is 8. The maximum Gasteiger partial charge on any atom is 0.153 e. The van der Waals surface area contributed by atoms with Gasteiger partial charge in [0.1, 0.15) is 30.1 Å². The lowest BCUT2D eigenvalue weighted by Crippen LogP contribution is -2.04. The van der Waals surface area contributed by atoms with Crippen LogP contribution in [0.25, 0.3) is 22.4 Å². The number of nitrogens with one attached hydrogen (secondary N) is 1. The Morgan fingerprint density at radius 3 is 2.07 bits per heavy atom. The summed E-state index contributed by atoms with van der Waals surface area (Å²) in [5.41, 5.74) is 9.55. The van der Waals surface area contributed by atoms with Crippen LogP contribution in [0.5, 0.6) is 0 Å². The van der Waals surface area contributed by atoms with Gasteiger partial charge in [-0.05, 0) is 37.8 Å². The number of imidazole rings is 1. The third-order valence-corrected chi connectivity index (χ3v) is 6.79. The first-order valence-corrected chi connectivity index (χ1v) is 13.4. The van der Waals surface area contributed by atoms with E-state index in [4.69, 9.17) is 28.9 Å². The smallest absolute Gasteiger partial charge is 0.153 e. The summed E-state index contributed by atoms with van der Waals surface area (Å²) in [6.07, 6.45) is 14.4. The lowest BCUT2D eigenvalue weighted by Gasteiger charge is -2.08. The van der Waals surface area contributed by atoms with Crippen molar-refractivity contribution in [3.8, 4) is 11.4 Å². The summed E-state index contributed by atoms with van der Waals surface area (Å²) in [5.74, 6) is -0.152. The molecule has 3 heterocycles. The third kappa shape index (κ3) is 7.11. The van der Waals surface area contributed by atoms with Crippen molar-refractivity contribution < 1.29 is 13.6 Å². The fourth-order valence-electron chi connectivity index (χ4n) is 3.92. The number of carbonyl (C=O) groups is 1. The normalized spacial score (nSPS) is 14.0. The lowest BCUT2D eigenvalue weighted by atomic mass is 10.2. The second-order valence-corrected chi connectivity index (χ2v) is 10.3. The van der Waals surface area contributed by atoms with E-state index in [9.17, 15) is 13.6 Å². The van der Waals surface area contributed by atoms with Crippen molar-refractivity contribution in [2.45, 2.75) is 37.8 Å². The minimum Gasteiger partial charge on any atom is -0.397 e. The van der Waals surface area contributed by atoms with Crippen LogP contribution in [0.2, 0.25) is 10.0 Å². The highest BCUT2D eigenvalue weighted by Gasteiger charge is 2.29. The van der Waals surface area contributed by atoms with Gasteiger partial charge in [0.2, 0.25) is 0 Å².